The minimum atomic E-state index is -0.553. The Balaban J connectivity index is 1.06. The quantitative estimate of drug-likeness (QED) is 0.499. The molecule has 4 fully saturated rings. The van der Waals surface area contributed by atoms with Crippen LogP contribution in [-0.4, -0.2) is 112 Å². The molecule has 0 aromatic carbocycles. The lowest BCUT2D eigenvalue weighted by Crippen LogP contribution is -2.58. The largest absolute Gasteiger partial charge is 0.381 e. The first-order valence-electron chi connectivity index (χ1n) is 14.9. The highest BCUT2D eigenvalue weighted by atomic mass is 19.1. The molecule has 0 spiro atoms. The smallest absolute Gasteiger partial charge is 0.259 e. The van der Waals surface area contributed by atoms with E-state index in [1.54, 1.807) is 0 Å². The number of fused-ring (bicyclic) bond motifs is 1. The molecule has 4 N–H and O–H groups in total. The standard InChI is InChI=1S/C28H42FN9O2/c1-35-16-18(4-5-23(35)28(40)37-12-7-20(8-13-37)36-10-2-3-11-36)21-6-9-31-15-22(21)33-27(39)24-25(30)34-38-17-19(29)14-32-26(24)38/h14,17-18,20-23,31H,2-13,15-16H2,1H3,(H2,30,34)(H,33,39). The maximum atomic E-state index is 13.6. The molecule has 4 unspecified atom stereocenters. The van der Waals surface area contributed by atoms with Gasteiger partial charge in [-0.15, -0.1) is 5.10 Å². The monoisotopic (exact) mass is 555 g/mol. The van der Waals surface area contributed by atoms with E-state index in [9.17, 15) is 14.0 Å². The fraction of sp³-hybridized carbons (Fsp3) is 0.714. The number of halogens is 1. The summed E-state index contributed by atoms with van der Waals surface area (Å²) in [5.41, 5.74) is 6.44. The van der Waals surface area contributed by atoms with Crippen LogP contribution in [0.2, 0.25) is 0 Å². The molecule has 4 aliphatic rings. The number of carbonyl (C=O) groups excluding carboxylic acids is 2. The molecule has 0 saturated carbocycles. The SMILES string of the molecule is CN1CC(C2CCNCC2NC(=O)c2c(N)nn3cc(F)cnc23)CCC1C(=O)N1CCC(N2CCCC2)CC1. The molecule has 6 rings (SSSR count). The lowest BCUT2D eigenvalue weighted by Gasteiger charge is -2.45. The van der Waals surface area contributed by atoms with Crippen molar-refractivity contribution < 1.29 is 14.0 Å². The van der Waals surface area contributed by atoms with Gasteiger partial charge in [0.2, 0.25) is 5.91 Å². The molecular weight excluding hydrogens is 513 g/mol. The molecule has 2 aromatic rings. The summed E-state index contributed by atoms with van der Waals surface area (Å²) in [4.78, 5) is 37.9. The maximum absolute atomic E-state index is 13.6. The van der Waals surface area contributed by atoms with Crippen LogP contribution in [0.3, 0.4) is 0 Å². The number of nitrogens with zero attached hydrogens (tertiary/aromatic N) is 6. The number of nitrogen functional groups attached to an aromatic ring is 1. The summed E-state index contributed by atoms with van der Waals surface area (Å²) in [5.74, 6) is 0.0509. The van der Waals surface area contributed by atoms with Gasteiger partial charge >= 0.3 is 0 Å². The van der Waals surface area contributed by atoms with Crippen LogP contribution in [0.4, 0.5) is 10.2 Å². The van der Waals surface area contributed by atoms with Crippen LogP contribution in [0.15, 0.2) is 12.4 Å². The first kappa shape index (κ1) is 27.3. The van der Waals surface area contributed by atoms with Crippen molar-refractivity contribution >= 4 is 23.3 Å². The van der Waals surface area contributed by atoms with Gasteiger partial charge in [-0.3, -0.25) is 14.5 Å². The van der Waals surface area contributed by atoms with E-state index in [1.165, 1.54) is 30.4 Å². The molecule has 218 valence electrons. The second-order valence-corrected chi connectivity index (χ2v) is 12.1. The van der Waals surface area contributed by atoms with Crippen LogP contribution >= 0.6 is 0 Å². The van der Waals surface area contributed by atoms with Crippen LogP contribution < -0.4 is 16.4 Å². The molecule has 40 heavy (non-hydrogen) atoms. The molecule has 0 radical (unpaired) electrons. The van der Waals surface area contributed by atoms with E-state index in [2.05, 4.69) is 42.5 Å². The number of amides is 2. The van der Waals surface area contributed by atoms with Gasteiger partial charge in [0, 0.05) is 38.3 Å². The van der Waals surface area contributed by atoms with E-state index in [0.29, 0.717) is 18.5 Å². The first-order chi connectivity index (χ1) is 19.4. The van der Waals surface area contributed by atoms with Gasteiger partial charge in [-0.1, -0.05) is 0 Å². The number of piperidine rings is 3. The number of likely N-dealkylation sites (N-methyl/N-ethyl adjacent to an activating group) is 1. The van der Waals surface area contributed by atoms with Gasteiger partial charge in [0.25, 0.3) is 5.91 Å². The topological polar surface area (TPSA) is 124 Å². The molecule has 4 atom stereocenters. The summed E-state index contributed by atoms with van der Waals surface area (Å²) < 4.78 is 14.8. The predicted molar refractivity (Wildman–Crippen MR) is 149 cm³/mol. The molecule has 12 heteroatoms. The van der Waals surface area contributed by atoms with E-state index in [-0.39, 0.29) is 46.8 Å². The van der Waals surface area contributed by atoms with Crippen LogP contribution in [0.1, 0.15) is 55.3 Å². The molecule has 0 aliphatic carbocycles. The third-order valence-corrected chi connectivity index (χ3v) is 9.74. The fourth-order valence-electron chi connectivity index (χ4n) is 7.60. The van der Waals surface area contributed by atoms with Gasteiger partial charge < -0.3 is 26.2 Å². The van der Waals surface area contributed by atoms with Crippen LogP contribution in [-0.2, 0) is 4.79 Å². The Morgan fingerprint density at radius 3 is 2.62 bits per heavy atom. The minimum absolute atomic E-state index is 0.0270. The van der Waals surface area contributed by atoms with Crippen molar-refractivity contribution in [2.75, 3.05) is 58.6 Å². The molecule has 4 saturated heterocycles. The number of rotatable bonds is 5. The number of likely N-dealkylation sites (tertiary alicyclic amines) is 3. The van der Waals surface area contributed by atoms with Crippen molar-refractivity contribution in [2.45, 2.75) is 63.1 Å². The second-order valence-electron chi connectivity index (χ2n) is 12.1. The third kappa shape index (κ3) is 5.40. The fourth-order valence-corrected chi connectivity index (χ4v) is 7.60. The molecular formula is C28H42FN9O2. The summed E-state index contributed by atoms with van der Waals surface area (Å²) >= 11 is 0. The van der Waals surface area contributed by atoms with Crippen molar-refractivity contribution in [2.24, 2.45) is 11.8 Å². The van der Waals surface area contributed by atoms with Crippen LogP contribution in [0, 0.1) is 17.7 Å². The summed E-state index contributed by atoms with van der Waals surface area (Å²) in [6, 6.07) is 0.478. The number of aromatic nitrogens is 3. The summed E-state index contributed by atoms with van der Waals surface area (Å²) in [6.45, 7) is 6.54. The minimum Gasteiger partial charge on any atom is -0.381 e. The molecule has 0 bridgehead atoms. The van der Waals surface area contributed by atoms with E-state index < -0.39 is 5.82 Å². The Hall–Kier alpha value is -2.83. The highest BCUT2D eigenvalue weighted by Gasteiger charge is 2.41. The number of hydrogen-bond acceptors (Lipinski definition) is 8. The van der Waals surface area contributed by atoms with E-state index >= 15 is 0 Å². The normalized spacial score (nSPS) is 29.2. The van der Waals surface area contributed by atoms with Gasteiger partial charge in [0.15, 0.2) is 17.3 Å². The van der Waals surface area contributed by atoms with Gasteiger partial charge in [-0.05, 0) is 83.5 Å². The van der Waals surface area contributed by atoms with Crippen molar-refractivity contribution in [1.29, 1.82) is 0 Å². The first-order valence-corrected chi connectivity index (χ1v) is 14.9. The number of anilines is 1. The average Bonchev–Trinajstić information content (AvgIpc) is 3.60. The molecule has 2 aromatic heterocycles. The number of hydrogen-bond donors (Lipinski definition) is 3. The van der Waals surface area contributed by atoms with E-state index in [0.717, 1.165) is 70.7 Å². The zero-order valence-electron chi connectivity index (χ0n) is 23.4. The summed E-state index contributed by atoms with van der Waals surface area (Å²) in [7, 11) is 2.07. The molecule has 6 heterocycles. The molecule has 2 amide bonds. The van der Waals surface area contributed by atoms with E-state index in [4.69, 9.17) is 5.73 Å². The Morgan fingerprint density at radius 1 is 1.10 bits per heavy atom. The Bertz CT molecular complexity index is 1220. The van der Waals surface area contributed by atoms with E-state index in [1.807, 2.05) is 0 Å². The summed E-state index contributed by atoms with van der Waals surface area (Å²) in [6.07, 6.45) is 9.75. The Kier molecular flexibility index (Phi) is 7.91. The Labute approximate surface area is 234 Å². The number of carbonyl (C=O) groups is 2. The summed E-state index contributed by atoms with van der Waals surface area (Å²) in [5, 5.41) is 10.7. The van der Waals surface area contributed by atoms with Crippen LogP contribution in [0.25, 0.3) is 5.65 Å². The van der Waals surface area contributed by atoms with Crippen molar-refractivity contribution in [3.63, 3.8) is 0 Å². The Morgan fingerprint density at radius 2 is 1.88 bits per heavy atom. The zero-order chi connectivity index (χ0) is 27.8. The van der Waals surface area contributed by atoms with Gasteiger partial charge in [0.1, 0.15) is 5.56 Å². The predicted octanol–water partition coefficient (Wildman–Crippen LogP) is 0.956. The van der Waals surface area contributed by atoms with Gasteiger partial charge in [0.05, 0.1) is 18.4 Å². The number of nitrogens with one attached hydrogen (secondary N) is 2. The number of nitrogens with two attached hydrogens (primary N) is 1. The highest BCUT2D eigenvalue weighted by Crippen LogP contribution is 2.33. The third-order valence-electron chi connectivity index (χ3n) is 9.74. The molecule has 11 nitrogen and oxygen atoms in total. The van der Waals surface area contributed by atoms with Crippen molar-refractivity contribution in [1.82, 2.24) is 39.9 Å². The average molecular weight is 556 g/mol. The highest BCUT2D eigenvalue weighted by molar-refractivity contribution is 6.04. The zero-order valence-corrected chi connectivity index (χ0v) is 23.4. The van der Waals surface area contributed by atoms with Gasteiger partial charge in [-0.2, -0.15) is 0 Å². The lowest BCUT2D eigenvalue weighted by atomic mass is 9.76. The van der Waals surface area contributed by atoms with Gasteiger partial charge in [-0.25, -0.2) is 13.9 Å². The molecule has 4 aliphatic heterocycles. The maximum Gasteiger partial charge on any atom is 0.259 e. The van der Waals surface area contributed by atoms with Crippen molar-refractivity contribution in [3.8, 4) is 0 Å². The second kappa shape index (κ2) is 11.6. The van der Waals surface area contributed by atoms with Crippen molar-refractivity contribution in [3.05, 3.63) is 23.8 Å². The lowest BCUT2D eigenvalue weighted by molar-refractivity contribution is -0.140. The van der Waals surface area contributed by atoms with Crippen LogP contribution in [0.5, 0.6) is 0 Å².